The monoisotopic (exact) mass is 352 g/mol. The molecule has 0 aliphatic carbocycles. The molecular weight excluding hydrogens is 337 g/mol. The lowest BCUT2D eigenvalue weighted by atomic mass is 10.1. The lowest BCUT2D eigenvalue weighted by Crippen LogP contribution is -2.20. The van der Waals surface area contributed by atoms with Crippen LogP contribution in [0.25, 0.3) is 0 Å². The number of halogens is 3. The number of nitrogens with one attached hydrogen (secondary N) is 1. The molecule has 8 heteroatoms. The van der Waals surface area contributed by atoms with Gasteiger partial charge in [-0.15, -0.1) is 0 Å². The third-order valence-corrected chi connectivity index (χ3v) is 3.28. The Hall–Kier alpha value is -3.03. The fraction of sp³-hybridized carbons (Fsp3) is 0.176. The topological polar surface area (TPSA) is 81.4 Å². The SMILES string of the molecule is Cc1ccc(NC(=O)c2cccc(OCC(N)=O)c2)cc1C(F)(F)F. The molecule has 2 rings (SSSR count). The van der Waals surface area contributed by atoms with Gasteiger partial charge >= 0.3 is 6.18 Å². The summed E-state index contributed by atoms with van der Waals surface area (Å²) in [6.45, 7) is 0.992. The Morgan fingerprint density at radius 3 is 2.52 bits per heavy atom. The molecule has 0 aliphatic rings. The molecule has 0 heterocycles. The second-order valence-electron chi connectivity index (χ2n) is 5.26. The summed E-state index contributed by atoms with van der Waals surface area (Å²) < 4.78 is 43.9. The van der Waals surface area contributed by atoms with Crippen molar-refractivity contribution in [1.82, 2.24) is 0 Å². The fourth-order valence-corrected chi connectivity index (χ4v) is 2.09. The molecule has 5 nitrogen and oxygen atoms in total. The molecule has 0 radical (unpaired) electrons. The van der Waals surface area contributed by atoms with Crippen LogP contribution in [-0.2, 0) is 11.0 Å². The highest BCUT2D eigenvalue weighted by molar-refractivity contribution is 6.04. The third-order valence-electron chi connectivity index (χ3n) is 3.28. The predicted molar refractivity (Wildman–Crippen MR) is 85.3 cm³/mol. The quantitative estimate of drug-likeness (QED) is 0.867. The van der Waals surface area contributed by atoms with E-state index < -0.39 is 23.6 Å². The maximum atomic E-state index is 12.9. The number of rotatable bonds is 5. The molecule has 25 heavy (non-hydrogen) atoms. The fourth-order valence-electron chi connectivity index (χ4n) is 2.09. The van der Waals surface area contributed by atoms with Crippen LogP contribution in [0.3, 0.4) is 0 Å². The number of primary amides is 1. The smallest absolute Gasteiger partial charge is 0.416 e. The third kappa shape index (κ3) is 4.97. The molecule has 0 saturated carbocycles. The summed E-state index contributed by atoms with van der Waals surface area (Å²) in [7, 11) is 0. The van der Waals surface area contributed by atoms with Gasteiger partial charge in [-0.25, -0.2) is 0 Å². The number of carbonyl (C=O) groups excluding carboxylic acids is 2. The summed E-state index contributed by atoms with van der Waals surface area (Å²) in [5.74, 6) is -1.04. The van der Waals surface area contributed by atoms with Gasteiger partial charge in [0.2, 0.25) is 0 Å². The van der Waals surface area contributed by atoms with Crippen molar-refractivity contribution in [3.05, 3.63) is 59.2 Å². The Balaban J connectivity index is 2.17. The number of amides is 2. The molecule has 2 aromatic rings. The van der Waals surface area contributed by atoms with Crippen molar-refractivity contribution < 1.29 is 27.5 Å². The first-order chi connectivity index (χ1) is 11.7. The molecule has 2 amide bonds. The van der Waals surface area contributed by atoms with E-state index in [-0.39, 0.29) is 29.2 Å². The molecule has 0 fully saturated rings. The molecule has 3 N–H and O–H groups in total. The number of aryl methyl sites for hydroxylation is 1. The molecule has 132 valence electrons. The number of alkyl halides is 3. The van der Waals surface area contributed by atoms with Crippen LogP contribution < -0.4 is 15.8 Å². The largest absolute Gasteiger partial charge is 0.484 e. The van der Waals surface area contributed by atoms with Gasteiger partial charge in [-0.2, -0.15) is 13.2 Å². The van der Waals surface area contributed by atoms with Crippen molar-refractivity contribution in [3.63, 3.8) is 0 Å². The molecule has 0 aromatic heterocycles. The highest BCUT2D eigenvalue weighted by Crippen LogP contribution is 2.33. The molecule has 2 aromatic carbocycles. The van der Waals surface area contributed by atoms with Crippen molar-refractivity contribution in [2.24, 2.45) is 5.73 Å². The minimum atomic E-state index is -4.51. The van der Waals surface area contributed by atoms with Crippen molar-refractivity contribution in [3.8, 4) is 5.75 Å². The van der Waals surface area contributed by atoms with Crippen molar-refractivity contribution >= 4 is 17.5 Å². The van der Waals surface area contributed by atoms with E-state index in [4.69, 9.17) is 10.5 Å². The van der Waals surface area contributed by atoms with E-state index in [1.165, 1.54) is 43.3 Å². The van der Waals surface area contributed by atoms with Gasteiger partial charge in [0, 0.05) is 11.3 Å². The highest BCUT2D eigenvalue weighted by Gasteiger charge is 2.32. The number of benzene rings is 2. The molecule has 0 aliphatic heterocycles. The second kappa shape index (κ2) is 7.25. The van der Waals surface area contributed by atoms with E-state index >= 15 is 0 Å². The van der Waals surface area contributed by atoms with E-state index in [0.29, 0.717) is 0 Å². The van der Waals surface area contributed by atoms with Crippen LogP contribution in [-0.4, -0.2) is 18.4 Å². The van der Waals surface area contributed by atoms with Crippen LogP contribution in [0.2, 0.25) is 0 Å². The van der Waals surface area contributed by atoms with Gasteiger partial charge in [0.05, 0.1) is 5.56 Å². The van der Waals surface area contributed by atoms with E-state index in [9.17, 15) is 22.8 Å². The van der Waals surface area contributed by atoms with Crippen molar-refractivity contribution in [1.29, 1.82) is 0 Å². The van der Waals surface area contributed by atoms with Gasteiger partial charge in [0.15, 0.2) is 6.61 Å². The first-order valence-corrected chi connectivity index (χ1v) is 7.17. The summed E-state index contributed by atoms with van der Waals surface area (Å²) >= 11 is 0. The minimum absolute atomic E-state index is 0.0198. The first kappa shape index (κ1) is 18.3. The number of hydrogen-bond donors (Lipinski definition) is 2. The zero-order valence-corrected chi connectivity index (χ0v) is 13.2. The van der Waals surface area contributed by atoms with Crippen molar-refractivity contribution in [2.75, 3.05) is 11.9 Å². The lowest BCUT2D eigenvalue weighted by Gasteiger charge is -2.13. The number of ether oxygens (including phenoxy) is 1. The standard InChI is InChI=1S/C17H15F3N2O3/c1-10-5-6-12(8-14(10)17(18,19)20)22-16(24)11-3-2-4-13(7-11)25-9-15(21)23/h2-8H,9H2,1H3,(H2,21,23)(H,22,24). The normalized spacial score (nSPS) is 11.0. The van der Waals surface area contributed by atoms with Gasteiger partial charge in [-0.1, -0.05) is 12.1 Å². The summed E-state index contributed by atoms with van der Waals surface area (Å²) in [5, 5.41) is 2.40. The molecule has 0 saturated heterocycles. The van der Waals surface area contributed by atoms with Crippen LogP contribution in [0.5, 0.6) is 5.75 Å². The van der Waals surface area contributed by atoms with Gasteiger partial charge < -0.3 is 15.8 Å². The molecule has 0 bridgehead atoms. The van der Waals surface area contributed by atoms with Crippen LogP contribution in [0, 0.1) is 6.92 Å². The molecule has 0 unspecified atom stereocenters. The Labute approximate surface area is 141 Å². The average molecular weight is 352 g/mol. The summed E-state index contributed by atoms with van der Waals surface area (Å²) in [4.78, 5) is 22.9. The van der Waals surface area contributed by atoms with Crippen LogP contribution in [0.1, 0.15) is 21.5 Å². The van der Waals surface area contributed by atoms with Gasteiger partial charge in [-0.05, 0) is 42.8 Å². The molecular formula is C17H15F3N2O3. The lowest BCUT2D eigenvalue weighted by molar-refractivity contribution is -0.138. The van der Waals surface area contributed by atoms with E-state index in [1.54, 1.807) is 0 Å². The van der Waals surface area contributed by atoms with Crippen molar-refractivity contribution in [2.45, 2.75) is 13.1 Å². The number of nitrogens with two attached hydrogens (primary N) is 1. The number of anilines is 1. The highest BCUT2D eigenvalue weighted by atomic mass is 19.4. The Morgan fingerprint density at radius 2 is 1.88 bits per heavy atom. The molecule has 0 spiro atoms. The zero-order valence-electron chi connectivity index (χ0n) is 13.2. The van der Waals surface area contributed by atoms with Crippen LogP contribution in [0.15, 0.2) is 42.5 Å². The Bertz CT molecular complexity index is 804. The Kier molecular flexibility index (Phi) is 5.31. The second-order valence-corrected chi connectivity index (χ2v) is 5.26. The average Bonchev–Trinajstić information content (AvgIpc) is 2.54. The number of hydrogen-bond acceptors (Lipinski definition) is 3. The van der Waals surface area contributed by atoms with E-state index in [0.717, 1.165) is 6.07 Å². The maximum Gasteiger partial charge on any atom is 0.416 e. The van der Waals surface area contributed by atoms with Crippen LogP contribution in [0.4, 0.5) is 18.9 Å². The van der Waals surface area contributed by atoms with E-state index in [2.05, 4.69) is 5.32 Å². The predicted octanol–water partition coefficient (Wildman–Crippen LogP) is 3.13. The summed E-state index contributed by atoms with van der Waals surface area (Å²) in [6.07, 6.45) is -4.51. The van der Waals surface area contributed by atoms with Gasteiger partial charge in [0.25, 0.3) is 11.8 Å². The zero-order chi connectivity index (χ0) is 18.6. The molecule has 0 atom stereocenters. The Morgan fingerprint density at radius 1 is 1.16 bits per heavy atom. The van der Waals surface area contributed by atoms with Gasteiger partial charge in [-0.3, -0.25) is 9.59 Å². The first-order valence-electron chi connectivity index (χ1n) is 7.17. The van der Waals surface area contributed by atoms with Crippen LogP contribution >= 0.6 is 0 Å². The van der Waals surface area contributed by atoms with Gasteiger partial charge in [0.1, 0.15) is 5.75 Å². The summed E-state index contributed by atoms with van der Waals surface area (Å²) in [5.41, 5.74) is 4.40. The number of carbonyl (C=O) groups is 2. The summed E-state index contributed by atoms with van der Waals surface area (Å²) in [6, 6.07) is 9.40. The maximum absolute atomic E-state index is 12.9. The minimum Gasteiger partial charge on any atom is -0.484 e. The van der Waals surface area contributed by atoms with E-state index in [1.807, 2.05) is 0 Å².